The Kier molecular flexibility index (Phi) is 6.38. The maximum absolute atomic E-state index is 5.55. The zero-order chi connectivity index (χ0) is 11.6. The molecule has 1 aromatic rings. The highest BCUT2D eigenvalue weighted by atomic mass is 16.5. The summed E-state index contributed by atoms with van der Waals surface area (Å²) in [5, 5.41) is 0. The zero-order valence-corrected chi connectivity index (χ0v) is 10.1. The van der Waals surface area contributed by atoms with Crippen molar-refractivity contribution in [1.82, 2.24) is 4.98 Å². The summed E-state index contributed by atoms with van der Waals surface area (Å²) < 4.78 is 5.55. The third-order valence-electron chi connectivity index (χ3n) is 2.53. The van der Waals surface area contributed by atoms with Gasteiger partial charge in [-0.3, -0.25) is 0 Å². The molecule has 1 rings (SSSR count). The summed E-state index contributed by atoms with van der Waals surface area (Å²) in [6.45, 7) is 3.01. The molecular formula is C13H22N2O. The smallest absolute Gasteiger partial charge is 0.137 e. The number of pyridine rings is 1. The van der Waals surface area contributed by atoms with Crippen LogP contribution in [0, 0.1) is 0 Å². The van der Waals surface area contributed by atoms with E-state index in [1.165, 1.54) is 32.1 Å². The zero-order valence-electron chi connectivity index (χ0n) is 10.1. The van der Waals surface area contributed by atoms with Gasteiger partial charge in [-0.25, -0.2) is 4.98 Å². The van der Waals surface area contributed by atoms with Crippen LogP contribution in [0.4, 0.5) is 5.82 Å². The van der Waals surface area contributed by atoms with Gasteiger partial charge in [0.05, 0.1) is 12.8 Å². The highest BCUT2D eigenvalue weighted by Crippen LogP contribution is 2.11. The molecule has 0 amide bonds. The third-order valence-corrected chi connectivity index (χ3v) is 2.53. The lowest BCUT2D eigenvalue weighted by Crippen LogP contribution is -1.98. The van der Waals surface area contributed by atoms with Crippen molar-refractivity contribution in [1.29, 1.82) is 0 Å². The lowest BCUT2D eigenvalue weighted by Gasteiger charge is -2.05. The average molecular weight is 222 g/mol. The number of nitrogen functional groups attached to an aromatic ring is 1. The molecule has 1 aromatic heterocycles. The fourth-order valence-corrected chi connectivity index (χ4v) is 1.55. The van der Waals surface area contributed by atoms with Crippen LogP contribution >= 0.6 is 0 Å². The second-order valence-electron chi connectivity index (χ2n) is 4.03. The van der Waals surface area contributed by atoms with Gasteiger partial charge < -0.3 is 10.5 Å². The Morgan fingerprint density at radius 1 is 1.12 bits per heavy atom. The van der Waals surface area contributed by atoms with Gasteiger partial charge in [0.15, 0.2) is 0 Å². The quantitative estimate of drug-likeness (QED) is 0.686. The van der Waals surface area contributed by atoms with Crippen molar-refractivity contribution in [3.63, 3.8) is 0 Å². The molecule has 0 bridgehead atoms. The minimum atomic E-state index is 0.534. The highest BCUT2D eigenvalue weighted by Gasteiger charge is 1.94. The van der Waals surface area contributed by atoms with E-state index < -0.39 is 0 Å². The van der Waals surface area contributed by atoms with Gasteiger partial charge in [-0.2, -0.15) is 0 Å². The van der Waals surface area contributed by atoms with Crippen LogP contribution in [0.3, 0.4) is 0 Å². The van der Waals surface area contributed by atoms with Gasteiger partial charge >= 0.3 is 0 Å². The molecule has 0 aliphatic carbocycles. The predicted molar refractivity (Wildman–Crippen MR) is 67.5 cm³/mol. The minimum Gasteiger partial charge on any atom is -0.492 e. The first-order chi connectivity index (χ1) is 7.83. The molecule has 90 valence electrons. The van der Waals surface area contributed by atoms with Crippen molar-refractivity contribution in [3.05, 3.63) is 18.3 Å². The van der Waals surface area contributed by atoms with E-state index in [2.05, 4.69) is 11.9 Å². The fraction of sp³-hybridized carbons (Fsp3) is 0.615. The van der Waals surface area contributed by atoms with Crippen molar-refractivity contribution in [2.24, 2.45) is 0 Å². The van der Waals surface area contributed by atoms with Crippen LogP contribution < -0.4 is 10.5 Å². The molecule has 0 saturated heterocycles. The van der Waals surface area contributed by atoms with Gasteiger partial charge in [-0.05, 0) is 18.6 Å². The first kappa shape index (κ1) is 12.8. The molecule has 0 radical (unpaired) electrons. The van der Waals surface area contributed by atoms with E-state index in [4.69, 9.17) is 10.5 Å². The summed E-state index contributed by atoms with van der Waals surface area (Å²) >= 11 is 0. The molecule has 0 saturated carbocycles. The summed E-state index contributed by atoms with van der Waals surface area (Å²) in [7, 11) is 0. The van der Waals surface area contributed by atoms with E-state index in [0.29, 0.717) is 5.82 Å². The molecule has 3 nitrogen and oxygen atoms in total. The molecule has 0 unspecified atom stereocenters. The monoisotopic (exact) mass is 222 g/mol. The molecule has 2 N–H and O–H groups in total. The van der Waals surface area contributed by atoms with Gasteiger partial charge in [0.2, 0.25) is 0 Å². The number of anilines is 1. The van der Waals surface area contributed by atoms with Crippen molar-refractivity contribution >= 4 is 5.82 Å². The van der Waals surface area contributed by atoms with Gasteiger partial charge in [-0.1, -0.05) is 39.0 Å². The van der Waals surface area contributed by atoms with Crippen molar-refractivity contribution < 1.29 is 4.74 Å². The number of hydrogen-bond donors (Lipinski definition) is 1. The predicted octanol–water partition coefficient (Wildman–Crippen LogP) is 3.40. The summed E-state index contributed by atoms with van der Waals surface area (Å²) in [5.74, 6) is 1.34. The lowest BCUT2D eigenvalue weighted by atomic mass is 10.1. The summed E-state index contributed by atoms with van der Waals surface area (Å²) in [4.78, 5) is 3.97. The molecule has 1 heterocycles. The van der Waals surface area contributed by atoms with Crippen LogP contribution in [-0.4, -0.2) is 11.6 Å². The Morgan fingerprint density at radius 2 is 1.88 bits per heavy atom. The Morgan fingerprint density at radius 3 is 2.56 bits per heavy atom. The number of rotatable bonds is 8. The number of hydrogen-bond acceptors (Lipinski definition) is 3. The van der Waals surface area contributed by atoms with E-state index in [1.807, 2.05) is 6.07 Å². The largest absolute Gasteiger partial charge is 0.492 e. The third kappa shape index (κ3) is 5.59. The molecule has 0 fully saturated rings. The van der Waals surface area contributed by atoms with Crippen LogP contribution in [0.5, 0.6) is 5.75 Å². The maximum atomic E-state index is 5.55. The fourth-order valence-electron chi connectivity index (χ4n) is 1.55. The van der Waals surface area contributed by atoms with Crippen LogP contribution in [0.15, 0.2) is 18.3 Å². The van der Waals surface area contributed by atoms with E-state index in [9.17, 15) is 0 Å². The SMILES string of the molecule is CCCCCCCCOc1ccc(N)nc1. The Hall–Kier alpha value is -1.25. The van der Waals surface area contributed by atoms with E-state index in [1.54, 1.807) is 12.3 Å². The topological polar surface area (TPSA) is 48.1 Å². The molecule has 0 spiro atoms. The standard InChI is InChI=1S/C13H22N2O/c1-2-3-4-5-6-7-10-16-12-8-9-13(14)15-11-12/h8-9,11H,2-7,10H2,1H3,(H2,14,15). The number of unbranched alkanes of at least 4 members (excludes halogenated alkanes) is 5. The Labute approximate surface area is 98.0 Å². The summed E-state index contributed by atoms with van der Waals surface area (Å²) in [6.07, 6.45) is 9.36. The molecule has 16 heavy (non-hydrogen) atoms. The first-order valence-electron chi connectivity index (χ1n) is 6.17. The van der Waals surface area contributed by atoms with E-state index in [-0.39, 0.29) is 0 Å². The Bertz CT molecular complexity index is 272. The van der Waals surface area contributed by atoms with Crippen LogP contribution in [0.25, 0.3) is 0 Å². The molecular weight excluding hydrogens is 200 g/mol. The van der Waals surface area contributed by atoms with Crippen LogP contribution in [0.2, 0.25) is 0 Å². The van der Waals surface area contributed by atoms with Crippen molar-refractivity contribution in [2.45, 2.75) is 45.4 Å². The molecule has 3 heteroatoms. The van der Waals surface area contributed by atoms with Crippen LogP contribution in [0.1, 0.15) is 45.4 Å². The maximum Gasteiger partial charge on any atom is 0.137 e. The normalized spacial score (nSPS) is 10.3. The van der Waals surface area contributed by atoms with Crippen molar-refractivity contribution in [3.8, 4) is 5.75 Å². The average Bonchev–Trinajstić information content (AvgIpc) is 2.30. The van der Waals surface area contributed by atoms with Gasteiger partial charge in [0, 0.05) is 0 Å². The molecule has 0 aromatic carbocycles. The van der Waals surface area contributed by atoms with E-state index in [0.717, 1.165) is 18.8 Å². The van der Waals surface area contributed by atoms with Gasteiger partial charge in [0.25, 0.3) is 0 Å². The number of nitrogens with two attached hydrogens (primary N) is 1. The molecule has 0 aliphatic rings. The minimum absolute atomic E-state index is 0.534. The van der Waals surface area contributed by atoms with Crippen LogP contribution in [-0.2, 0) is 0 Å². The van der Waals surface area contributed by atoms with E-state index >= 15 is 0 Å². The highest BCUT2D eigenvalue weighted by molar-refractivity contribution is 5.31. The number of ether oxygens (including phenoxy) is 1. The Balaban J connectivity index is 2.01. The molecule has 0 atom stereocenters. The second-order valence-corrected chi connectivity index (χ2v) is 4.03. The van der Waals surface area contributed by atoms with Gasteiger partial charge in [0.1, 0.15) is 11.6 Å². The van der Waals surface area contributed by atoms with Gasteiger partial charge in [-0.15, -0.1) is 0 Å². The van der Waals surface area contributed by atoms with Crippen molar-refractivity contribution in [2.75, 3.05) is 12.3 Å². The summed E-state index contributed by atoms with van der Waals surface area (Å²) in [6, 6.07) is 3.62. The lowest BCUT2D eigenvalue weighted by molar-refractivity contribution is 0.303. The summed E-state index contributed by atoms with van der Waals surface area (Å²) in [5.41, 5.74) is 5.48. The molecule has 0 aliphatic heterocycles. The first-order valence-corrected chi connectivity index (χ1v) is 6.17. The second kappa shape index (κ2) is 7.97. The number of aromatic nitrogens is 1. The number of nitrogens with zero attached hydrogens (tertiary/aromatic N) is 1.